The van der Waals surface area contributed by atoms with Crippen molar-refractivity contribution in [2.24, 2.45) is 0 Å². The molecular weight excluding hydrogens is 496 g/mol. The quantitative estimate of drug-likeness (QED) is 0.263. The summed E-state index contributed by atoms with van der Waals surface area (Å²) < 4.78 is 0. The lowest BCUT2D eigenvalue weighted by Gasteiger charge is -2.34. The maximum atomic E-state index is 14.1. The molecule has 0 fully saturated rings. The van der Waals surface area contributed by atoms with Crippen molar-refractivity contribution in [2.75, 3.05) is 0 Å². The van der Waals surface area contributed by atoms with E-state index in [0.29, 0.717) is 57.3 Å². The van der Waals surface area contributed by atoms with Crippen molar-refractivity contribution in [1.29, 1.82) is 0 Å². The van der Waals surface area contributed by atoms with Crippen molar-refractivity contribution in [2.45, 2.75) is 51.4 Å². The molecule has 0 bridgehead atoms. The third-order valence-electron chi connectivity index (χ3n) is 10.2. The number of hydrogen-bond donors (Lipinski definition) is 0. The maximum Gasteiger partial charge on any atom is 0.194 e. The molecule has 4 nitrogen and oxygen atoms in total. The summed E-state index contributed by atoms with van der Waals surface area (Å²) in [6.45, 7) is 4.20. The molecule has 4 heteroatoms. The number of benzene rings is 4. The predicted molar refractivity (Wildman–Crippen MR) is 149 cm³/mol. The first-order valence-corrected chi connectivity index (χ1v) is 14.2. The molecular formula is C36H24O4. The molecule has 4 aromatic carbocycles. The second-order valence-corrected chi connectivity index (χ2v) is 12.0. The molecule has 0 heterocycles. The van der Waals surface area contributed by atoms with E-state index in [1.807, 2.05) is 48.5 Å². The Bertz CT molecular complexity index is 1730. The molecule has 0 atom stereocenters. The Morgan fingerprint density at radius 2 is 0.650 bits per heavy atom. The fourth-order valence-electron chi connectivity index (χ4n) is 8.26. The number of carbonyl (C=O) groups excluding carboxylic acids is 4. The Balaban J connectivity index is 1.45. The van der Waals surface area contributed by atoms with Crippen LogP contribution in [0.4, 0.5) is 0 Å². The smallest absolute Gasteiger partial charge is 0.194 e. The van der Waals surface area contributed by atoms with Crippen molar-refractivity contribution >= 4 is 23.1 Å². The maximum absolute atomic E-state index is 14.1. The summed E-state index contributed by atoms with van der Waals surface area (Å²) in [4.78, 5) is 56.1. The molecule has 4 aliphatic rings. The van der Waals surface area contributed by atoms with Crippen LogP contribution in [0.2, 0.25) is 0 Å². The first kappa shape index (κ1) is 22.4. The van der Waals surface area contributed by atoms with Gasteiger partial charge in [-0.25, -0.2) is 0 Å². The summed E-state index contributed by atoms with van der Waals surface area (Å²) in [6.07, 6.45) is 2.65. The standard InChI is InChI=1S/C36H24O4/c1-3-19-21-11-29-25-7-15(21)5-16-8-26-30(12-22(16)19)36(40)32-14-24-18(10-28(32)34(26)38)6-17-9-27(33(25)37)31(35(29)39)13-23(17)20(24)4-2/h7-14,19-20H,3-6H2,1-2H3. The largest absolute Gasteiger partial charge is 0.289 e. The molecule has 0 spiro atoms. The van der Waals surface area contributed by atoms with Crippen molar-refractivity contribution in [1.82, 2.24) is 0 Å². The van der Waals surface area contributed by atoms with Crippen LogP contribution in [0.3, 0.4) is 0 Å². The summed E-state index contributed by atoms with van der Waals surface area (Å²) in [7, 11) is 0. The highest BCUT2D eigenvalue weighted by atomic mass is 16.1. The minimum absolute atomic E-state index is 0.0323. The van der Waals surface area contributed by atoms with E-state index in [-0.39, 0.29) is 35.0 Å². The molecule has 4 aromatic rings. The van der Waals surface area contributed by atoms with Gasteiger partial charge in [-0.05, 0) is 119 Å². The lowest BCUT2D eigenvalue weighted by Crippen LogP contribution is -2.28. The van der Waals surface area contributed by atoms with Gasteiger partial charge in [-0.2, -0.15) is 0 Å². The fourth-order valence-corrected chi connectivity index (χ4v) is 8.26. The lowest BCUT2D eigenvalue weighted by atomic mass is 9.68. The molecule has 4 aliphatic carbocycles. The van der Waals surface area contributed by atoms with E-state index < -0.39 is 0 Å². The minimum Gasteiger partial charge on any atom is -0.289 e. The van der Waals surface area contributed by atoms with Crippen LogP contribution in [0.25, 0.3) is 0 Å². The van der Waals surface area contributed by atoms with Crippen LogP contribution in [0.15, 0.2) is 48.5 Å². The number of carbonyl (C=O) groups is 4. The van der Waals surface area contributed by atoms with E-state index >= 15 is 0 Å². The Labute approximate surface area is 231 Å². The normalized spacial score (nSPS) is 17.2. The Hall–Kier alpha value is -4.44. The molecule has 40 heavy (non-hydrogen) atoms. The van der Waals surface area contributed by atoms with Gasteiger partial charge in [0.25, 0.3) is 0 Å². The average molecular weight is 521 g/mol. The Morgan fingerprint density at radius 3 is 0.875 bits per heavy atom. The van der Waals surface area contributed by atoms with E-state index in [1.54, 1.807) is 0 Å². The molecule has 0 saturated heterocycles. The first-order valence-electron chi connectivity index (χ1n) is 14.2. The number of rotatable bonds is 2. The van der Waals surface area contributed by atoms with Gasteiger partial charge in [0, 0.05) is 56.3 Å². The van der Waals surface area contributed by atoms with Crippen molar-refractivity contribution in [3.05, 3.63) is 138 Å². The van der Waals surface area contributed by atoms with Gasteiger partial charge in [-0.15, -0.1) is 0 Å². The van der Waals surface area contributed by atoms with Gasteiger partial charge in [0.05, 0.1) is 0 Å². The van der Waals surface area contributed by atoms with Gasteiger partial charge in [-0.1, -0.05) is 13.8 Å². The first-order chi connectivity index (χ1) is 19.4. The zero-order valence-electron chi connectivity index (χ0n) is 22.2. The van der Waals surface area contributed by atoms with Gasteiger partial charge in [0.2, 0.25) is 0 Å². The zero-order valence-corrected chi connectivity index (χ0v) is 22.2. The van der Waals surface area contributed by atoms with Gasteiger partial charge in [-0.3, -0.25) is 19.2 Å². The SMILES string of the molecule is CCC1c2cc3c4cc2Cc2cc5c(cc21)C(=O)c1cc2c(cc1C5=O)Cc1cc(c(cc1C2CC)C3=O)C4=O. The molecule has 0 unspecified atom stereocenters. The molecule has 0 aliphatic heterocycles. The highest BCUT2D eigenvalue weighted by molar-refractivity contribution is 6.30. The van der Waals surface area contributed by atoms with Gasteiger partial charge in [0.1, 0.15) is 0 Å². The summed E-state index contributed by atoms with van der Waals surface area (Å²) in [5.74, 6) is -0.414. The van der Waals surface area contributed by atoms with Crippen molar-refractivity contribution < 1.29 is 19.2 Å². The highest BCUT2D eigenvalue weighted by Crippen LogP contribution is 2.47. The topological polar surface area (TPSA) is 68.3 Å². The molecule has 0 amide bonds. The van der Waals surface area contributed by atoms with E-state index in [4.69, 9.17) is 0 Å². The van der Waals surface area contributed by atoms with Gasteiger partial charge < -0.3 is 0 Å². The molecule has 8 rings (SSSR count). The number of hydrogen-bond acceptors (Lipinski definition) is 4. The van der Waals surface area contributed by atoms with E-state index in [0.717, 1.165) is 57.3 Å². The van der Waals surface area contributed by atoms with Gasteiger partial charge >= 0.3 is 0 Å². The fraction of sp³-hybridized carbons (Fsp3) is 0.222. The monoisotopic (exact) mass is 520 g/mol. The summed E-state index contributed by atoms with van der Waals surface area (Å²) >= 11 is 0. The molecule has 0 radical (unpaired) electrons. The lowest BCUT2D eigenvalue weighted by molar-refractivity contribution is 0.0978. The molecule has 192 valence electrons. The van der Waals surface area contributed by atoms with Crippen LogP contribution in [0.1, 0.15) is 147 Å². The van der Waals surface area contributed by atoms with Crippen LogP contribution >= 0.6 is 0 Å². The average Bonchev–Trinajstić information content (AvgIpc) is 2.97. The summed E-state index contributed by atoms with van der Waals surface area (Å²) in [5, 5.41) is 0. The third kappa shape index (κ3) is 2.49. The van der Waals surface area contributed by atoms with Crippen molar-refractivity contribution in [3.63, 3.8) is 0 Å². The second-order valence-electron chi connectivity index (χ2n) is 12.0. The van der Waals surface area contributed by atoms with Crippen LogP contribution in [-0.4, -0.2) is 23.1 Å². The van der Waals surface area contributed by atoms with Crippen LogP contribution in [0, 0.1) is 0 Å². The zero-order chi connectivity index (χ0) is 27.2. The van der Waals surface area contributed by atoms with E-state index in [2.05, 4.69) is 13.8 Å². The Kier molecular flexibility index (Phi) is 4.03. The third-order valence-corrected chi connectivity index (χ3v) is 10.2. The van der Waals surface area contributed by atoms with Gasteiger partial charge in [0.15, 0.2) is 23.1 Å². The van der Waals surface area contributed by atoms with Crippen molar-refractivity contribution in [3.8, 4) is 0 Å². The minimum atomic E-state index is -0.0889. The van der Waals surface area contributed by atoms with Crippen LogP contribution in [0.5, 0.6) is 0 Å². The highest BCUT2D eigenvalue weighted by Gasteiger charge is 2.40. The van der Waals surface area contributed by atoms with Crippen LogP contribution in [-0.2, 0) is 12.8 Å². The Morgan fingerprint density at radius 1 is 0.425 bits per heavy atom. The second kappa shape index (κ2) is 7.19. The molecule has 0 saturated carbocycles. The van der Waals surface area contributed by atoms with Crippen LogP contribution < -0.4 is 0 Å². The van der Waals surface area contributed by atoms with E-state index in [1.165, 1.54) is 0 Å². The van der Waals surface area contributed by atoms with E-state index in [9.17, 15) is 19.2 Å². The summed E-state index contributed by atoms with van der Waals surface area (Å²) in [6, 6.07) is 15.5. The predicted octanol–water partition coefficient (Wildman–Crippen LogP) is 6.44. The number of fused-ring (bicyclic) bond motifs is 8. The molecule has 0 aromatic heterocycles. The molecule has 0 N–H and O–H groups in total. The summed E-state index contributed by atoms with van der Waals surface area (Å²) in [5.41, 5.74) is 12.0. The number of ketones is 4.